The van der Waals surface area contributed by atoms with E-state index in [2.05, 4.69) is 10.1 Å². The third kappa shape index (κ3) is 4.32. The van der Waals surface area contributed by atoms with Gasteiger partial charge in [-0.1, -0.05) is 12.1 Å². The Morgan fingerprint density at radius 1 is 1.06 bits per heavy atom. The maximum absolute atomic E-state index is 11.9. The summed E-state index contributed by atoms with van der Waals surface area (Å²) in [5.74, 6) is 0. The monoisotopic (exact) mass is 453 g/mol. The van der Waals surface area contributed by atoms with E-state index < -0.39 is 15.4 Å². The highest BCUT2D eigenvalue weighted by Crippen LogP contribution is 2.37. The lowest BCUT2D eigenvalue weighted by Crippen LogP contribution is -2.16. The summed E-state index contributed by atoms with van der Waals surface area (Å²) in [4.78, 5) is 6.42. The van der Waals surface area contributed by atoms with Crippen molar-refractivity contribution in [2.75, 3.05) is 6.26 Å². The van der Waals surface area contributed by atoms with E-state index in [4.69, 9.17) is 0 Å². The summed E-state index contributed by atoms with van der Waals surface area (Å²) < 4.78 is 25.7. The van der Waals surface area contributed by atoms with E-state index in [1.165, 1.54) is 17.6 Å². The molecule has 0 spiro atoms. The van der Waals surface area contributed by atoms with Crippen molar-refractivity contribution in [2.45, 2.75) is 31.3 Å². The predicted octanol–water partition coefficient (Wildman–Crippen LogP) is 4.60. The van der Waals surface area contributed by atoms with Crippen LogP contribution in [-0.2, 0) is 15.4 Å². The molecule has 0 saturated heterocycles. The fourth-order valence-corrected chi connectivity index (χ4v) is 4.90. The summed E-state index contributed by atoms with van der Waals surface area (Å²) >= 11 is 1.54. The van der Waals surface area contributed by atoms with Crippen molar-refractivity contribution < 1.29 is 13.5 Å². The first-order valence-corrected chi connectivity index (χ1v) is 12.4. The van der Waals surface area contributed by atoms with Crippen LogP contribution in [0.25, 0.3) is 26.7 Å². The molecule has 0 fully saturated rings. The molecule has 3 heterocycles. The number of rotatable bonds is 5. The molecule has 31 heavy (non-hydrogen) atoms. The maximum atomic E-state index is 11.9. The molecule has 0 atom stereocenters. The Kier molecular flexibility index (Phi) is 5.33. The molecule has 0 radical (unpaired) electrons. The average molecular weight is 454 g/mol. The third-order valence-electron chi connectivity index (χ3n) is 4.98. The molecule has 0 aliphatic heterocycles. The van der Waals surface area contributed by atoms with Gasteiger partial charge < -0.3 is 5.11 Å². The Morgan fingerprint density at radius 2 is 1.81 bits per heavy atom. The molecule has 8 heteroatoms. The van der Waals surface area contributed by atoms with Gasteiger partial charge in [0.15, 0.2) is 9.84 Å². The first-order valence-electron chi connectivity index (χ1n) is 9.68. The number of aryl methyl sites for hydroxylation is 1. The summed E-state index contributed by atoms with van der Waals surface area (Å²) in [6.45, 7) is 5.40. The lowest BCUT2D eigenvalue weighted by molar-refractivity contribution is 0.0734. The fraction of sp³-hybridized carbons (Fsp3) is 0.217. The van der Waals surface area contributed by atoms with Crippen molar-refractivity contribution in [1.82, 2.24) is 14.8 Å². The molecule has 160 valence electrons. The zero-order valence-corrected chi connectivity index (χ0v) is 19.3. The molecule has 3 aromatic heterocycles. The van der Waals surface area contributed by atoms with Crippen LogP contribution in [-0.4, -0.2) is 34.5 Å². The quantitative estimate of drug-likeness (QED) is 0.477. The van der Waals surface area contributed by atoms with Crippen molar-refractivity contribution in [3.05, 3.63) is 72.2 Å². The summed E-state index contributed by atoms with van der Waals surface area (Å²) in [7, 11) is -3.28. The van der Waals surface area contributed by atoms with Crippen molar-refractivity contribution in [1.29, 1.82) is 0 Å². The molecular weight excluding hydrogens is 430 g/mol. The van der Waals surface area contributed by atoms with Crippen molar-refractivity contribution in [3.63, 3.8) is 0 Å². The summed E-state index contributed by atoms with van der Waals surface area (Å²) in [6, 6.07) is 14.7. The zero-order valence-electron chi connectivity index (χ0n) is 17.7. The SMILES string of the molecule is Cc1ccncc1-n1nc(C(C)(C)O)cc1-c1ccc(-c2cccc(S(C)(=O)=O)c2)s1. The van der Waals surface area contributed by atoms with E-state index in [-0.39, 0.29) is 0 Å². The summed E-state index contributed by atoms with van der Waals surface area (Å²) in [5, 5.41) is 15.2. The number of aromatic nitrogens is 3. The van der Waals surface area contributed by atoms with Crippen LogP contribution in [0.5, 0.6) is 0 Å². The molecule has 0 amide bonds. The van der Waals surface area contributed by atoms with Gasteiger partial charge in [0.05, 0.1) is 33.0 Å². The van der Waals surface area contributed by atoms with Gasteiger partial charge >= 0.3 is 0 Å². The molecule has 0 saturated carbocycles. The minimum atomic E-state index is -3.28. The number of sulfone groups is 1. The molecule has 1 aromatic carbocycles. The number of hydrogen-bond donors (Lipinski definition) is 1. The van der Waals surface area contributed by atoms with Crippen LogP contribution < -0.4 is 0 Å². The summed E-state index contributed by atoms with van der Waals surface area (Å²) in [6.07, 6.45) is 4.69. The van der Waals surface area contributed by atoms with Crippen LogP contribution in [0.15, 0.2) is 65.8 Å². The van der Waals surface area contributed by atoms with Gasteiger partial charge in [-0.15, -0.1) is 11.3 Å². The number of hydrogen-bond acceptors (Lipinski definition) is 6. The molecule has 0 unspecified atom stereocenters. The molecular formula is C23H23N3O3S2. The summed E-state index contributed by atoms with van der Waals surface area (Å²) in [5.41, 5.74) is 2.98. The number of nitrogens with zero attached hydrogens (tertiary/aromatic N) is 3. The third-order valence-corrected chi connectivity index (χ3v) is 7.25. The molecule has 6 nitrogen and oxygen atoms in total. The first-order chi connectivity index (χ1) is 14.5. The van der Waals surface area contributed by atoms with Crippen LogP contribution in [0.1, 0.15) is 25.1 Å². The van der Waals surface area contributed by atoms with Gasteiger partial charge in [-0.3, -0.25) is 4.98 Å². The minimum Gasteiger partial charge on any atom is -0.384 e. The van der Waals surface area contributed by atoms with Gasteiger partial charge in [0.25, 0.3) is 0 Å². The zero-order chi connectivity index (χ0) is 22.4. The van der Waals surface area contributed by atoms with E-state index in [0.29, 0.717) is 10.6 Å². The van der Waals surface area contributed by atoms with Gasteiger partial charge in [0.1, 0.15) is 5.60 Å². The van der Waals surface area contributed by atoms with Gasteiger partial charge in [-0.25, -0.2) is 13.1 Å². The lowest BCUT2D eigenvalue weighted by atomic mass is 10.1. The smallest absolute Gasteiger partial charge is 0.175 e. The van der Waals surface area contributed by atoms with Crippen molar-refractivity contribution >= 4 is 21.2 Å². The second-order valence-corrected chi connectivity index (χ2v) is 11.1. The highest BCUT2D eigenvalue weighted by molar-refractivity contribution is 7.90. The minimum absolute atomic E-state index is 0.292. The lowest BCUT2D eigenvalue weighted by Gasteiger charge is -2.13. The topological polar surface area (TPSA) is 85.1 Å². The van der Waals surface area contributed by atoms with Crippen LogP contribution in [0.2, 0.25) is 0 Å². The first kappa shape index (κ1) is 21.4. The molecule has 4 aromatic rings. The largest absolute Gasteiger partial charge is 0.384 e. The van der Waals surface area contributed by atoms with E-state index >= 15 is 0 Å². The molecule has 1 N–H and O–H groups in total. The molecule has 0 bridgehead atoms. The molecule has 4 rings (SSSR count). The van der Waals surface area contributed by atoms with Gasteiger partial charge in [-0.2, -0.15) is 5.10 Å². The number of benzene rings is 1. The highest BCUT2D eigenvalue weighted by atomic mass is 32.2. The van der Waals surface area contributed by atoms with Crippen LogP contribution in [0.4, 0.5) is 0 Å². The Labute approximate surface area is 185 Å². The Bertz CT molecular complexity index is 1360. The second-order valence-electron chi connectivity index (χ2n) is 8.01. The van der Waals surface area contributed by atoms with E-state index in [0.717, 1.165) is 32.3 Å². The molecule has 0 aliphatic carbocycles. The fourth-order valence-electron chi connectivity index (χ4n) is 3.23. The number of aliphatic hydroxyl groups is 1. The number of thiophene rings is 1. The highest BCUT2D eigenvalue weighted by Gasteiger charge is 2.24. The Hall–Kier alpha value is -2.81. The Balaban J connectivity index is 1.84. The second kappa shape index (κ2) is 7.71. The normalized spacial score (nSPS) is 12.3. The van der Waals surface area contributed by atoms with Crippen LogP contribution in [0.3, 0.4) is 0 Å². The van der Waals surface area contributed by atoms with Gasteiger partial charge in [-0.05, 0) is 68.3 Å². The van der Waals surface area contributed by atoms with Crippen molar-refractivity contribution in [3.8, 4) is 26.7 Å². The van der Waals surface area contributed by atoms with Gasteiger partial charge in [0.2, 0.25) is 0 Å². The molecule has 0 aliphatic rings. The van der Waals surface area contributed by atoms with E-state index in [9.17, 15) is 13.5 Å². The van der Waals surface area contributed by atoms with E-state index in [1.54, 1.807) is 49.1 Å². The van der Waals surface area contributed by atoms with E-state index in [1.807, 2.05) is 37.3 Å². The average Bonchev–Trinajstić information content (AvgIpc) is 3.35. The van der Waals surface area contributed by atoms with Crippen molar-refractivity contribution in [2.24, 2.45) is 0 Å². The van der Waals surface area contributed by atoms with Gasteiger partial charge in [0, 0.05) is 17.3 Å². The maximum Gasteiger partial charge on any atom is 0.175 e. The predicted molar refractivity (Wildman–Crippen MR) is 123 cm³/mol. The standard InChI is InChI=1S/C23H23N3O3S2/c1-15-10-11-24-14-19(15)26-18(13-22(25-26)23(2,3)27)21-9-8-20(30-21)16-6-5-7-17(12-16)31(4,28)29/h5-14,27H,1-4H3. The Morgan fingerprint density at radius 3 is 2.48 bits per heavy atom. The van der Waals surface area contributed by atoms with Crippen LogP contribution >= 0.6 is 11.3 Å². The van der Waals surface area contributed by atoms with Crippen LogP contribution in [0, 0.1) is 6.92 Å². The number of pyridine rings is 1.